The average molecular weight is 582 g/mol. The summed E-state index contributed by atoms with van der Waals surface area (Å²) in [7, 11) is 0. The lowest BCUT2D eigenvalue weighted by Gasteiger charge is -2.49. The van der Waals surface area contributed by atoms with Gasteiger partial charge in [-0.05, 0) is 129 Å². The third-order valence-corrected chi connectivity index (χ3v) is 8.98. The van der Waals surface area contributed by atoms with E-state index in [1.54, 1.807) is 11.1 Å². The fraction of sp³-hybridized carbons (Fsp3) is 0.520. The van der Waals surface area contributed by atoms with Gasteiger partial charge in [-0.25, -0.2) is 0 Å². The van der Waals surface area contributed by atoms with Crippen molar-refractivity contribution < 1.29 is 0 Å². The maximum Gasteiger partial charge on any atom is 0.0272 e. The summed E-state index contributed by atoms with van der Waals surface area (Å²) in [5.41, 5.74) is 6.72. The van der Waals surface area contributed by atoms with E-state index in [0.717, 1.165) is 11.8 Å². The molecular weight excluding hydrogens is 554 g/mol. The standard InChI is InChI=1S/C25H28I2/c26-19-11-13-21-22-14-12-20(27)16-24(22)25(23(21)15-19,17-7-3-1-4-8-17)18-9-5-2-6-10-18/h11-18H,1-10H2. The molecule has 0 nitrogen and oxygen atoms in total. The third kappa shape index (κ3) is 3.03. The summed E-state index contributed by atoms with van der Waals surface area (Å²) in [5, 5.41) is 0. The van der Waals surface area contributed by atoms with Gasteiger partial charge in [0.25, 0.3) is 0 Å². The van der Waals surface area contributed by atoms with Gasteiger partial charge in [-0.3, -0.25) is 0 Å². The second-order valence-corrected chi connectivity index (χ2v) is 11.4. The molecule has 0 atom stereocenters. The molecule has 0 spiro atoms. The smallest absolute Gasteiger partial charge is 0.0272 e. The minimum atomic E-state index is 0.272. The summed E-state index contributed by atoms with van der Waals surface area (Å²) in [5.74, 6) is 1.65. The summed E-state index contributed by atoms with van der Waals surface area (Å²) in [6.45, 7) is 0. The fourth-order valence-electron chi connectivity index (χ4n) is 6.66. The number of halogens is 2. The molecule has 2 fully saturated rings. The zero-order valence-electron chi connectivity index (χ0n) is 15.9. The Bertz CT molecular complexity index is 770. The van der Waals surface area contributed by atoms with E-state index in [2.05, 4.69) is 81.6 Å². The van der Waals surface area contributed by atoms with Crippen LogP contribution in [0.1, 0.15) is 75.3 Å². The molecule has 0 N–H and O–H groups in total. The molecule has 3 aliphatic rings. The molecule has 3 aliphatic carbocycles. The Labute approximate surface area is 191 Å². The number of hydrogen-bond donors (Lipinski definition) is 0. The monoisotopic (exact) mass is 582 g/mol. The van der Waals surface area contributed by atoms with Crippen LogP contribution in [0.25, 0.3) is 11.1 Å². The van der Waals surface area contributed by atoms with E-state index in [4.69, 9.17) is 0 Å². The average Bonchev–Trinajstić information content (AvgIpc) is 2.99. The Morgan fingerprint density at radius 2 is 1.00 bits per heavy atom. The minimum absolute atomic E-state index is 0.272. The van der Waals surface area contributed by atoms with E-state index in [0.29, 0.717) is 0 Å². The highest BCUT2D eigenvalue weighted by molar-refractivity contribution is 14.1. The van der Waals surface area contributed by atoms with Crippen LogP contribution in [-0.2, 0) is 5.41 Å². The predicted molar refractivity (Wildman–Crippen MR) is 131 cm³/mol. The Kier molecular flexibility index (Phi) is 5.34. The van der Waals surface area contributed by atoms with Crippen LogP contribution in [0.4, 0.5) is 0 Å². The van der Waals surface area contributed by atoms with E-state index in [9.17, 15) is 0 Å². The molecule has 0 saturated heterocycles. The molecule has 0 aromatic heterocycles. The molecule has 0 amide bonds. The lowest BCUT2D eigenvalue weighted by atomic mass is 9.55. The van der Waals surface area contributed by atoms with E-state index in [1.165, 1.54) is 82.5 Å². The first-order valence-corrected chi connectivity index (χ1v) is 13.0. The molecule has 0 heterocycles. The first-order chi connectivity index (χ1) is 13.2. The van der Waals surface area contributed by atoms with Gasteiger partial charge in [-0.2, -0.15) is 0 Å². The van der Waals surface area contributed by atoms with Gasteiger partial charge in [0, 0.05) is 12.6 Å². The summed E-state index contributed by atoms with van der Waals surface area (Å²) in [4.78, 5) is 0. The van der Waals surface area contributed by atoms with E-state index in [-0.39, 0.29) is 5.41 Å². The summed E-state index contributed by atoms with van der Waals surface area (Å²) < 4.78 is 2.81. The number of benzene rings is 2. The van der Waals surface area contributed by atoms with E-state index in [1.807, 2.05) is 0 Å². The fourth-order valence-corrected chi connectivity index (χ4v) is 7.64. The van der Waals surface area contributed by atoms with E-state index < -0.39 is 0 Å². The van der Waals surface area contributed by atoms with Crippen LogP contribution in [0, 0.1) is 19.0 Å². The van der Waals surface area contributed by atoms with Gasteiger partial charge < -0.3 is 0 Å². The molecule has 0 radical (unpaired) electrons. The van der Waals surface area contributed by atoms with Crippen molar-refractivity contribution >= 4 is 45.2 Å². The van der Waals surface area contributed by atoms with Crippen molar-refractivity contribution in [3.05, 3.63) is 54.7 Å². The molecule has 27 heavy (non-hydrogen) atoms. The molecule has 142 valence electrons. The second kappa shape index (κ2) is 7.62. The van der Waals surface area contributed by atoms with Crippen molar-refractivity contribution in [1.29, 1.82) is 0 Å². The summed E-state index contributed by atoms with van der Waals surface area (Å²) in [6, 6.07) is 14.6. The van der Waals surface area contributed by atoms with Gasteiger partial charge in [0.2, 0.25) is 0 Å². The highest BCUT2D eigenvalue weighted by Crippen LogP contribution is 2.62. The van der Waals surface area contributed by atoms with Crippen LogP contribution in [-0.4, -0.2) is 0 Å². The molecule has 5 rings (SSSR count). The van der Waals surface area contributed by atoms with E-state index >= 15 is 0 Å². The molecule has 2 aromatic rings. The van der Waals surface area contributed by atoms with Crippen LogP contribution in [0.3, 0.4) is 0 Å². The Hall–Kier alpha value is -0.100. The number of hydrogen-bond acceptors (Lipinski definition) is 0. The van der Waals surface area contributed by atoms with Crippen molar-refractivity contribution in [3.8, 4) is 11.1 Å². The predicted octanol–water partition coefficient (Wildman–Crippen LogP) is 8.32. The quantitative estimate of drug-likeness (QED) is 0.313. The van der Waals surface area contributed by atoms with Crippen molar-refractivity contribution in [1.82, 2.24) is 0 Å². The van der Waals surface area contributed by atoms with Crippen LogP contribution in [0.5, 0.6) is 0 Å². The summed E-state index contributed by atoms with van der Waals surface area (Å²) in [6.07, 6.45) is 14.3. The molecule has 2 aromatic carbocycles. The van der Waals surface area contributed by atoms with Crippen LogP contribution < -0.4 is 0 Å². The van der Waals surface area contributed by atoms with Gasteiger partial charge in [-0.15, -0.1) is 0 Å². The van der Waals surface area contributed by atoms with Crippen LogP contribution in [0.2, 0.25) is 0 Å². The van der Waals surface area contributed by atoms with Gasteiger partial charge in [0.15, 0.2) is 0 Å². The molecule has 2 heteroatoms. The lowest BCUT2D eigenvalue weighted by Crippen LogP contribution is -2.44. The van der Waals surface area contributed by atoms with Gasteiger partial charge in [0.05, 0.1) is 0 Å². The molecular formula is C25H28I2. The normalized spacial score (nSPS) is 22.4. The first kappa shape index (κ1) is 18.9. The van der Waals surface area contributed by atoms with Crippen molar-refractivity contribution in [2.24, 2.45) is 11.8 Å². The highest BCUT2D eigenvalue weighted by Gasteiger charge is 2.53. The van der Waals surface area contributed by atoms with Crippen LogP contribution >= 0.6 is 45.2 Å². The lowest BCUT2D eigenvalue weighted by molar-refractivity contribution is 0.137. The number of fused-ring (bicyclic) bond motifs is 3. The second-order valence-electron chi connectivity index (χ2n) is 8.92. The van der Waals surface area contributed by atoms with Crippen LogP contribution in [0.15, 0.2) is 36.4 Å². The Balaban J connectivity index is 1.80. The minimum Gasteiger partial charge on any atom is -0.0533 e. The maximum absolute atomic E-state index is 2.56. The van der Waals surface area contributed by atoms with Gasteiger partial charge in [-0.1, -0.05) is 50.7 Å². The Morgan fingerprint density at radius 3 is 1.41 bits per heavy atom. The van der Waals surface area contributed by atoms with Crippen molar-refractivity contribution in [3.63, 3.8) is 0 Å². The molecule has 0 unspecified atom stereocenters. The molecule has 2 saturated carbocycles. The first-order valence-electron chi connectivity index (χ1n) is 10.8. The van der Waals surface area contributed by atoms with Crippen molar-refractivity contribution in [2.75, 3.05) is 0 Å². The third-order valence-electron chi connectivity index (χ3n) is 7.64. The van der Waals surface area contributed by atoms with Gasteiger partial charge in [0.1, 0.15) is 0 Å². The number of rotatable bonds is 2. The maximum atomic E-state index is 2.56. The van der Waals surface area contributed by atoms with Crippen molar-refractivity contribution in [2.45, 2.75) is 69.6 Å². The molecule has 0 bridgehead atoms. The molecule has 0 aliphatic heterocycles. The zero-order chi connectivity index (χ0) is 18.4. The topological polar surface area (TPSA) is 0 Å². The van der Waals surface area contributed by atoms with Gasteiger partial charge >= 0.3 is 0 Å². The highest BCUT2D eigenvalue weighted by atomic mass is 127. The SMILES string of the molecule is Ic1ccc2c(c1)C(C1CCCCC1)(C1CCCCC1)c1cc(I)ccc1-2. The zero-order valence-corrected chi connectivity index (χ0v) is 20.3. The summed E-state index contributed by atoms with van der Waals surface area (Å²) >= 11 is 5.07. The Morgan fingerprint density at radius 1 is 0.593 bits per heavy atom. The largest absolute Gasteiger partial charge is 0.0533 e.